The molecule has 1 heterocycles. The van der Waals surface area contributed by atoms with Gasteiger partial charge in [0, 0.05) is 23.0 Å². The third-order valence-electron chi connectivity index (χ3n) is 5.81. The van der Waals surface area contributed by atoms with Crippen LogP contribution in [0.15, 0.2) is 32.7 Å². The zero-order valence-electron chi connectivity index (χ0n) is 14.9. The van der Waals surface area contributed by atoms with Crippen LogP contribution in [0.4, 0.5) is 0 Å². The lowest BCUT2D eigenvalue weighted by Gasteiger charge is -2.40. The van der Waals surface area contributed by atoms with E-state index >= 15 is 0 Å². The van der Waals surface area contributed by atoms with Gasteiger partial charge in [-0.15, -0.1) is 11.6 Å². The van der Waals surface area contributed by atoms with Gasteiger partial charge in [0.15, 0.2) is 8.57 Å². The summed E-state index contributed by atoms with van der Waals surface area (Å²) in [5.41, 5.74) is 3.12. The number of benzene rings is 1. The third-order valence-corrected chi connectivity index (χ3v) is 11.5. The Labute approximate surface area is 177 Å². The van der Waals surface area contributed by atoms with Crippen LogP contribution in [0.2, 0.25) is 0 Å². The second kappa shape index (κ2) is 5.73. The number of sulfone groups is 1. The standard InChI is InChI=1S/C18H16Cl4O4S/c1-7(2)10-13-11-8(25-3)5-6-9(26-4)12(11)14(10)18(22)17(13,21)15(19)16(20)27(18,23)24/h5-6,13-14H,1-4H3. The molecule has 2 aliphatic carbocycles. The highest BCUT2D eigenvalue weighted by atomic mass is 35.5. The van der Waals surface area contributed by atoms with Gasteiger partial charge in [-0.2, -0.15) is 0 Å². The van der Waals surface area contributed by atoms with Crippen molar-refractivity contribution in [1.82, 2.24) is 0 Å². The summed E-state index contributed by atoms with van der Waals surface area (Å²) in [6.45, 7) is 3.79. The Kier molecular flexibility index (Phi) is 4.18. The predicted molar refractivity (Wildman–Crippen MR) is 108 cm³/mol. The van der Waals surface area contributed by atoms with E-state index in [9.17, 15) is 8.42 Å². The molecule has 27 heavy (non-hydrogen) atoms. The van der Waals surface area contributed by atoms with Gasteiger partial charge in [-0.1, -0.05) is 45.9 Å². The maximum Gasteiger partial charge on any atom is 0.213 e. The van der Waals surface area contributed by atoms with Crippen LogP contribution in [0.25, 0.3) is 0 Å². The fourth-order valence-electron chi connectivity index (χ4n) is 4.83. The van der Waals surface area contributed by atoms with Gasteiger partial charge in [-0.05, 0) is 26.0 Å². The first-order chi connectivity index (χ1) is 12.5. The first-order valence-corrected chi connectivity index (χ1v) is 11.1. The highest BCUT2D eigenvalue weighted by molar-refractivity contribution is 8.00. The zero-order valence-corrected chi connectivity index (χ0v) is 18.7. The van der Waals surface area contributed by atoms with E-state index in [0.29, 0.717) is 17.1 Å². The van der Waals surface area contributed by atoms with Crippen LogP contribution < -0.4 is 9.47 Å². The molecular weight excluding hydrogens is 454 g/mol. The van der Waals surface area contributed by atoms with Gasteiger partial charge in [0.05, 0.1) is 19.3 Å². The molecule has 0 amide bonds. The van der Waals surface area contributed by atoms with Crippen LogP contribution in [0.1, 0.15) is 36.8 Å². The normalized spacial score (nSPS) is 35.3. The minimum atomic E-state index is -4.18. The Morgan fingerprint density at radius 2 is 1.48 bits per heavy atom. The molecule has 4 nitrogen and oxygen atoms in total. The van der Waals surface area contributed by atoms with Crippen LogP contribution >= 0.6 is 46.4 Å². The van der Waals surface area contributed by atoms with Gasteiger partial charge in [0.1, 0.15) is 16.4 Å². The first-order valence-electron chi connectivity index (χ1n) is 8.11. The molecule has 3 aliphatic rings. The molecule has 0 aromatic heterocycles. The number of halogens is 4. The maximum absolute atomic E-state index is 13.2. The van der Waals surface area contributed by atoms with E-state index < -0.39 is 35.1 Å². The Bertz CT molecular complexity index is 1060. The third kappa shape index (κ3) is 1.87. The fraction of sp³-hybridized carbons (Fsp3) is 0.444. The van der Waals surface area contributed by atoms with Crippen LogP contribution in [0.3, 0.4) is 0 Å². The number of methoxy groups -OCH3 is 2. The van der Waals surface area contributed by atoms with Gasteiger partial charge in [0.2, 0.25) is 9.84 Å². The van der Waals surface area contributed by atoms with Gasteiger partial charge in [0.25, 0.3) is 0 Å². The van der Waals surface area contributed by atoms with E-state index in [-0.39, 0.29) is 5.03 Å². The van der Waals surface area contributed by atoms with Crippen LogP contribution in [-0.2, 0) is 9.84 Å². The molecule has 0 spiro atoms. The number of allylic oxidation sites excluding steroid dienone is 3. The number of alkyl halides is 2. The molecule has 1 aliphatic heterocycles. The van der Waals surface area contributed by atoms with Crippen molar-refractivity contribution >= 4 is 56.2 Å². The van der Waals surface area contributed by atoms with Gasteiger partial charge < -0.3 is 9.47 Å². The molecular formula is C18H16Cl4O4S. The van der Waals surface area contributed by atoms with Crippen molar-refractivity contribution in [3.05, 3.63) is 43.8 Å². The van der Waals surface area contributed by atoms with Crippen molar-refractivity contribution < 1.29 is 17.9 Å². The number of rotatable bonds is 2. The monoisotopic (exact) mass is 468 g/mol. The van der Waals surface area contributed by atoms with E-state index in [4.69, 9.17) is 55.9 Å². The van der Waals surface area contributed by atoms with Crippen molar-refractivity contribution in [3.8, 4) is 11.5 Å². The van der Waals surface area contributed by atoms with Crippen molar-refractivity contribution in [2.45, 2.75) is 34.8 Å². The number of hydrogen-bond acceptors (Lipinski definition) is 4. The second-order valence-electron chi connectivity index (χ2n) is 7.07. The summed E-state index contributed by atoms with van der Waals surface area (Å²) in [6, 6.07) is 3.50. The van der Waals surface area contributed by atoms with Crippen molar-refractivity contribution in [1.29, 1.82) is 0 Å². The SMILES string of the molecule is COc1ccc(OC)c2c1C1C(=C(C)C)C2C2(Cl)C1(Cl)C(Cl)=C(Cl)S2(=O)=O. The zero-order chi connectivity index (χ0) is 20.1. The van der Waals surface area contributed by atoms with E-state index in [0.717, 1.165) is 16.7 Å². The highest BCUT2D eigenvalue weighted by Crippen LogP contribution is 2.80. The van der Waals surface area contributed by atoms with E-state index in [2.05, 4.69) is 0 Å². The molecule has 2 bridgehead atoms. The summed E-state index contributed by atoms with van der Waals surface area (Å²) in [7, 11) is -1.12. The maximum atomic E-state index is 13.2. The molecule has 0 N–H and O–H groups in total. The Morgan fingerprint density at radius 1 is 1.00 bits per heavy atom. The number of hydrogen-bond donors (Lipinski definition) is 0. The van der Waals surface area contributed by atoms with Crippen LogP contribution in [0, 0.1) is 0 Å². The molecule has 1 aromatic rings. The molecule has 4 rings (SSSR count). The summed E-state index contributed by atoms with van der Waals surface area (Å²) >= 11 is 26.5. The molecule has 1 aromatic carbocycles. The minimum absolute atomic E-state index is 0.150. The summed E-state index contributed by atoms with van der Waals surface area (Å²) in [4.78, 5) is -1.63. The topological polar surface area (TPSA) is 52.6 Å². The molecule has 4 atom stereocenters. The van der Waals surface area contributed by atoms with Crippen LogP contribution in [0.5, 0.6) is 11.5 Å². The Morgan fingerprint density at radius 3 is 1.93 bits per heavy atom. The van der Waals surface area contributed by atoms with E-state index in [1.54, 1.807) is 19.2 Å². The number of ether oxygens (including phenoxy) is 2. The second-order valence-corrected chi connectivity index (χ2v) is 11.5. The first kappa shape index (κ1) is 19.7. The smallest absolute Gasteiger partial charge is 0.213 e. The lowest BCUT2D eigenvalue weighted by molar-refractivity contribution is 0.385. The highest BCUT2D eigenvalue weighted by Gasteiger charge is 2.82. The molecule has 4 unspecified atom stereocenters. The molecule has 9 heteroatoms. The Balaban J connectivity index is 2.23. The molecule has 1 fully saturated rings. The lowest BCUT2D eigenvalue weighted by Crippen LogP contribution is -2.50. The molecule has 146 valence electrons. The van der Waals surface area contributed by atoms with Crippen molar-refractivity contribution in [2.75, 3.05) is 14.2 Å². The summed E-state index contributed by atoms with van der Waals surface area (Å²) in [5, 5.41) is -0.150. The number of fused-ring (bicyclic) bond motifs is 8. The quantitative estimate of drug-likeness (QED) is 0.440. The average molecular weight is 470 g/mol. The summed E-state index contributed by atoms with van der Waals surface area (Å²) < 4.78 is 35.1. The van der Waals surface area contributed by atoms with E-state index in [1.807, 2.05) is 13.8 Å². The van der Waals surface area contributed by atoms with Gasteiger partial charge >= 0.3 is 0 Å². The van der Waals surface area contributed by atoms with Crippen LogP contribution in [-0.4, -0.2) is 31.7 Å². The largest absolute Gasteiger partial charge is 0.496 e. The van der Waals surface area contributed by atoms with Gasteiger partial charge in [-0.3, -0.25) is 0 Å². The minimum Gasteiger partial charge on any atom is -0.496 e. The lowest BCUT2D eigenvalue weighted by atomic mass is 9.81. The Hall–Kier alpha value is -0.590. The summed E-state index contributed by atoms with van der Waals surface area (Å²) in [6.07, 6.45) is 0. The molecule has 1 saturated carbocycles. The van der Waals surface area contributed by atoms with Crippen molar-refractivity contribution in [3.63, 3.8) is 0 Å². The van der Waals surface area contributed by atoms with Gasteiger partial charge in [-0.25, -0.2) is 8.42 Å². The summed E-state index contributed by atoms with van der Waals surface area (Å²) in [5.74, 6) is -0.280. The molecule has 0 radical (unpaired) electrons. The fourth-order valence-corrected chi connectivity index (χ4v) is 9.45. The predicted octanol–water partition coefficient (Wildman–Crippen LogP) is 5.22. The van der Waals surface area contributed by atoms with Crippen molar-refractivity contribution in [2.24, 2.45) is 0 Å². The molecule has 0 saturated heterocycles. The van der Waals surface area contributed by atoms with E-state index in [1.165, 1.54) is 7.11 Å². The average Bonchev–Trinajstić information content (AvgIpc) is 3.13.